The maximum atomic E-state index is 12.8. The number of ether oxygens (including phenoxy) is 3. The van der Waals surface area contributed by atoms with Gasteiger partial charge in [0.25, 0.3) is 0 Å². The molecule has 0 unspecified atom stereocenters. The number of esters is 3. The molecule has 0 aromatic carbocycles. The number of nitrogens with zero attached hydrogens (tertiary/aromatic N) is 1. The molecule has 0 aromatic rings. The Labute approximate surface area is 364 Å². The van der Waals surface area contributed by atoms with Crippen molar-refractivity contribution < 1.29 is 28.6 Å². The summed E-state index contributed by atoms with van der Waals surface area (Å²) in [5.74, 6) is 0.910. The van der Waals surface area contributed by atoms with Crippen molar-refractivity contribution >= 4 is 17.9 Å². The molecule has 1 fully saturated rings. The zero-order valence-electron chi connectivity index (χ0n) is 39.1. The Hall–Kier alpha value is -2.19. The van der Waals surface area contributed by atoms with Gasteiger partial charge >= 0.3 is 17.9 Å². The molecular formula is C51H94N2O6. The second kappa shape index (κ2) is 41.2. The molecule has 0 bridgehead atoms. The third-order valence-corrected chi connectivity index (χ3v) is 12.3. The molecular weight excluding hydrogens is 737 g/mol. The molecule has 59 heavy (non-hydrogen) atoms. The van der Waals surface area contributed by atoms with Crippen molar-refractivity contribution in [3.8, 4) is 0 Å². The van der Waals surface area contributed by atoms with Crippen LogP contribution in [0.25, 0.3) is 0 Å². The van der Waals surface area contributed by atoms with Crippen LogP contribution in [-0.4, -0.2) is 74.8 Å². The van der Waals surface area contributed by atoms with Gasteiger partial charge in [0.1, 0.15) is 6.10 Å². The summed E-state index contributed by atoms with van der Waals surface area (Å²) in [6, 6.07) is 0. The second-order valence-corrected chi connectivity index (χ2v) is 17.4. The summed E-state index contributed by atoms with van der Waals surface area (Å²) in [5.41, 5.74) is 0. The summed E-state index contributed by atoms with van der Waals surface area (Å²) < 4.78 is 16.9. The van der Waals surface area contributed by atoms with E-state index in [-0.39, 0.29) is 24.0 Å². The molecule has 1 heterocycles. The van der Waals surface area contributed by atoms with Gasteiger partial charge in [-0.2, -0.15) is 0 Å². The zero-order valence-corrected chi connectivity index (χ0v) is 39.1. The molecule has 0 amide bonds. The first-order chi connectivity index (χ1) is 28.9. The first kappa shape index (κ1) is 54.8. The van der Waals surface area contributed by atoms with Crippen molar-refractivity contribution in [3.05, 3.63) is 24.3 Å². The molecule has 1 aliphatic heterocycles. The number of piperazine rings is 1. The van der Waals surface area contributed by atoms with Crippen molar-refractivity contribution in [2.24, 2.45) is 11.8 Å². The molecule has 0 aliphatic carbocycles. The lowest BCUT2D eigenvalue weighted by Crippen LogP contribution is -2.43. The molecule has 0 saturated carbocycles. The number of carbonyl (C=O) groups excluding carboxylic acids is 3. The van der Waals surface area contributed by atoms with Crippen LogP contribution in [0.4, 0.5) is 0 Å². The maximum absolute atomic E-state index is 12.8. The number of hydrogen-bond acceptors (Lipinski definition) is 8. The van der Waals surface area contributed by atoms with Crippen LogP contribution in [0.3, 0.4) is 0 Å². The number of hydrogen-bond donors (Lipinski definition) is 1. The third kappa shape index (κ3) is 35.1. The lowest BCUT2D eigenvalue weighted by atomic mass is 10.0. The van der Waals surface area contributed by atoms with Crippen LogP contribution in [0.2, 0.25) is 0 Å². The maximum Gasteiger partial charge on any atom is 0.306 e. The van der Waals surface area contributed by atoms with Crippen molar-refractivity contribution in [2.75, 3.05) is 45.9 Å². The van der Waals surface area contributed by atoms with Gasteiger partial charge in [0.05, 0.1) is 13.2 Å². The van der Waals surface area contributed by atoms with Crippen LogP contribution in [0, 0.1) is 11.8 Å². The minimum atomic E-state index is -0.0413. The lowest BCUT2D eigenvalue weighted by molar-refractivity contribution is -0.150. The predicted octanol–water partition coefficient (Wildman–Crippen LogP) is 13.0. The SMILES string of the molecule is CCC(CC)COC(=O)CCCC/C=C\CCCCCCCCC(CCCCCCCC/C=C\CCCCC(=O)OCC(CC)CC)OC(=O)CCCN1CCNCC1. The monoisotopic (exact) mass is 831 g/mol. The molecule has 1 rings (SSSR count). The Morgan fingerprint density at radius 1 is 0.492 bits per heavy atom. The van der Waals surface area contributed by atoms with Crippen LogP contribution in [0.5, 0.6) is 0 Å². The summed E-state index contributed by atoms with van der Waals surface area (Å²) in [6.07, 6.45) is 41.1. The van der Waals surface area contributed by atoms with Crippen molar-refractivity contribution in [2.45, 2.75) is 226 Å². The molecule has 344 valence electrons. The first-order valence-corrected chi connectivity index (χ1v) is 25.1. The Morgan fingerprint density at radius 2 is 0.864 bits per heavy atom. The highest BCUT2D eigenvalue weighted by Gasteiger charge is 2.16. The number of nitrogens with one attached hydrogen (secondary N) is 1. The summed E-state index contributed by atoms with van der Waals surface area (Å²) in [7, 11) is 0. The molecule has 1 aliphatic rings. The quantitative estimate of drug-likeness (QED) is 0.0282. The Morgan fingerprint density at radius 3 is 1.29 bits per heavy atom. The standard InChI is InChI=1S/C51H94N2O6/c1-5-46(6-2)44-57-49(54)36-31-27-23-19-15-11-9-13-17-21-25-29-34-48(59-51(56)38-33-41-53-42-39-52-40-43-53)35-30-26-22-18-14-10-12-16-20-24-28-32-37-50(55)58-45-47(7-3)8-4/h15-16,19-20,46-48,52H,5-14,17-18,21-45H2,1-4H3/b19-15-,20-16-. The molecule has 8 heteroatoms. The smallest absolute Gasteiger partial charge is 0.306 e. The minimum Gasteiger partial charge on any atom is -0.465 e. The van der Waals surface area contributed by atoms with Crippen molar-refractivity contribution in [1.29, 1.82) is 0 Å². The van der Waals surface area contributed by atoms with Crippen molar-refractivity contribution in [3.63, 3.8) is 0 Å². The van der Waals surface area contributed by atoms with E-state index in [0.29, 0.717) is 44.3 Å². The van der Waals surface area contributed by atoms with E-state index < -0.39 is 0 Å². The first-order valence-electron chi connectivity index (χ1n) is 25.1. The van der Waals surface area contributed by atoms with Gasteiger partial charge in [-0.1, -0.05) is 129 Å². The van der Waals surface area contributed by atoms with E-state index in [1.165, 1.54) is 64.2 Å². The number of unbranched alkanes of at least 4 members (excludes halogenated alkanes) is 16. The largest absolute Gasteiger partial charge is 0.465 e. The third-order valence-electron chi connectivity index (χ3n) is 12.3. The summed E-state index contributed by atoms with van der Waals surface area (Å²) in [5, 5.41) is 3.40. The van der Waals surface area contributed by atoms with Gasteiger partial charge in [0, 0.05) is 45.4 Å². The van der Waals surface area contributed by atoms with E-state index >= 15 is 0 Å². The highest BCUT2D eigenvalue weighted by molar-refractivity contribution is 5.70. The number of rotatable bonds is 41. The summed E-state index contributed by atoms with van der Waals surface area (Å²) in [4.78, 5) is 39.2. The normalized spacial score (nSPS) is 13.7. The molecule has 1 N–H and O–H groups in total. The second-order valence-electron chi connectivity index (χ2n) is 17.4. The molecule has 0 atom stereocenters. The van der Waals surface area contributed by atoms with Crippen molar-refractivity contribution in [1.82, 2.24) is 10.2 Å². The van der Waals surface area contributed by atoms with Crippen LogP contribution in [-0.2, 0) is 28.6 Å². The van der Waals surface area contributed by atoms with Crippen LogP contribution in [0.1, 0.15) is 220 Å². The van der Waals surface area contributed by atoms with E-state index in [1.54, 1.807) is 0 Å². The Kier molecular flexibility index (Phi) is 38.3. The zero-order chi connectivity index (χ0) is 42.9. The van der Waals surface area contributed by atoms with Gasteiger partial charge in [-0.05, 0) is 115 Å². The highest BCUT2D eigenvalue weighted by atomic mass is 16.5. The van der Waals surface area contributed by atoms with Gasteiger partial charge in [-0.15, -0.1) is 0 Å². The Bertz CT molecular complexity index is 971. The Balaban J connectivity index is 2.16. The van der Waals surface area contributed by atoms with E-state index in [1.807, 2.05) is 0 Å². The van der Waals surface area contributed by atoms with Crippen LogP contribution < -0.4 is 5.32 Å². The van der Waals surface area contributed by atoms with Crippen LogP contribution in [0.15, 0.2) is 24.3 Å². The lowest BCUT2D eigenvalue weighted by Gasteiger charge is -2.27. The van der Waals surface area contributed by atoms with Gasteiger partial charge in [-0.3, -0.25) is 14.4 Å². The van der Waals surface area contributed by atoms with Gasteiger partial charge in [0.15, 0.2) is 0 Å². The number of allylic oxidation sites excluding steroid dienone is 4. The van der Waals surface area contributed by atoms with E-state index in [0.717, 1.165) is 142 Å². The fourth-order valence-corrected chi connectivity index (χ4v) is 7.72. The molecule has 0 aromatic heterocycles. The fraction of sp³-hybridized carbons (Fsp3) is 0.863. The fourth-order valence-electron chi connectivity index (χ4n) is 7.72. The van der Waals surface area contributed by atoms with Gasteiger partial charge in [-0.25, -0.2) is 0 Å². The average molecular weight is 831 g/mol. The van der Waals surface area contributed by atoms with Gasteiger partial charge in [0.2, 0.25) is 0 Å². The van der Waals surface area contributed by atoms with E-state index in [4.69, 9.17) is 14.2 Å². The van der Waals surface area contributed by atoms with Gasteiger partial charge < -0.3 is 24.4 Å². The highest BCUT2D eigenvalue weighted by Crippen LogP contribution is 2.19. The van der Waals surface area contributed by atoms with E-state index in [2.05, 4.69) is 62.2 Å². The molecule has 1 saturated heterocycles. The summed E-state index contributed by atoms with van der Waals surface area (Å²) in [6.45, 7) is 15.0. The summed E-state index contributed by atoms with van der Waals surface area (Å²) >= 11 is 0. The minimum absolute atomic E-state index is 0.00345. The molecule has 8 nitrogen and oxygen atoms in total. The van der Waals surface area contributed by atoms with E-state index in [9.17, 15) is 14.4 Å². The predicted molar refractivity (Wildman–Crippen MR) is 248 cm³/mol. The van der Waals surface area contributed by atoms with Crippen LogP contribution >= 0.6 is 0 Å². The number of carbonyl (C=O) groups is 3. The topological polar surface area (TPSA) is 94.2 Å². The average Bonchev–Trinajstić information content (AvgIpc) is 3.24. The molecule has 0 spiro atoms. The molecule has 0 radical (unpaired) electrons.